The number of nitrogens with zero attached hydrogens (tertiary/aromatic N) is 4. The summed E-state index contributed by atoms with van der Waals surface area (Å²) < 4.78 is 4.97. The van der Waals surface area contributed by atoms with Crippen LogP contribution >= 0.6 is 11.3 Å². The third-order valence-corrected chi connectivity index (χ3v) is 10.6. The molecule has 0 fully saturated rings. The number of fused-ring (bicyclic) bond motifs is 6. The molecule has 3 heterocycles. The van der Waals surface area contributed by atoms with Crippen molar-refractivity contribution in [3.05, 3.63) is 170 Å². The molecule has 234 valence electrons. The summed E-state index contributed by atoms with van der Waals surface area (Å²) in [6.07, 6.45) is 0. The zero-order valence-corrected chi connectivity index (χ0v) is 27.7. The smallest absolute Gasteiger partial charge is 0.164 e. The van der Waals surface area contributed by atoms with Crippen LogP contribution in [-0.4, -0.2) is 19.5 Å². The van der Waals surface area contributed by atoms with Crippen molar-refractivity contribution in [1.82, 2.24) is 19.5 Å². The molecule has 0 unspecified atom stereocenters. The summed E-state index contributed by atoms with van der Waals surface area (Å²) in [5.74, 6) is 1.94. The molecule has 0 amide bonds. The first kappa shape index (κ1) is 28.6. The minimum absolute atomic E-state index is 0.645. The van der Waals surface area contributed by atoms with Crippen LogP contribution in [0.5, 0.6) is 0 Å². The Bertz CT molecular complexity index is 2850. The lowest BCUT2D eigenvalue weighted by atomic mass is 10.0. The first-order chi connectivity index (χ1) is 24.8. The number of aromatic nitrogens is 4. The van der Waals surface area contributed by atoms with Crippen LogP contribution in [0, 0.1) is 0 Å². The Morgan fingerprint density at radius 3 is 1.62 bits per heavy atom. The van der Waals surface area contributed by atoms with Gasteiger partial charge in [-0.15, -0.1) is 11.3 Å². The number of para-hydroxylation sites is 1. The van der Waals surface area contributed by atoms with Gasteiger partial charge in [-0.3, -0.25) is 0 Å². The van der Waals surface area contributed by atoms with E-state index < -0.39 is 0 Å². The van der Waals surface area contributed by atoms with Gasteiger partial charge in [0.25, 0.3) is 0 Å². The fourth-order valence-electron chi connectivity index (χ4n) is 7.04. The standard InChI is InChI=1S/C45H28N4S/c1-3-11-29(12-4-1)30-19-21-32(22-20-30)44-46-43(31-13-5-2-6-14-31)47-45(48-44)33-23-26-40-38(27-33)35-15-7-9-17-39(35)49(40)34-24-25-37-36-16-8-10-18-41(36)50-42(37)28-34/h1-28H. The van der Waals surface area contributed by atoms with Crippen molar-refractivity contribution in [1.29, 1.82) is 0 Å². The minimum atomic E-state index is 0.645. The molecule has 3 aromatic heterocycles. The molecule has 0 aliphatic heterocycles. The van der Waals surface area contributed by atoms with Crippen LogP contribution in [0.1, 0.15) is 0 Å². The molecule has 10 aromatic rings. The second kappa shape index (κ2) is 11.6. The van der Waals surface area contributed by atoms with E-state index >= 15 is 0 Å². The Morgan fingerprint density at radius 2 is 0.860 bits per heavy atom. The van der Waals surface area contributed by atoms with Gasteiger partial charge in [0.2, 0.25) is 0 Å². The first-order valence-corrected chi connectivity index (χ1v) is 17.5. The highest BCUT2D eigenvalue weighted by Gasteiger charge is 2.17. The molecule has 0 N–H and O–H groups in total. The zero-order chi connectivity index (χ0) is 33.0. The SMILES string of the molecule is c1ccc(-c2ccc(-c3nc(-c4ccccc4)nc(-c4ccc5c(c4)c4ccccc4n5-c4ccc5c(c4)sc4ccccc45)n3)cc2)cc1. The average Bonchev–Trinajstić information content (AvgIpc) is 3.73. The summed E-state index contributed by atoms with van der Waals surface area (Å²) in [7, 11) is 0. The topological polar surface area (TPSA) is 43.6 Å². The minimum Gasteiger partial charge on any atom is -0.309 e. The van der Waals surface area contributed by atoms with Crippen molar-refractivity contribution in [2.24, 2.45) is 0 Å². The van der Waals surface area contributed by atoms with Gasteiger partial charge in [-0.05, 0) is 53.6 Å². The second-order valence-corrected chi connectivity index (χ2v) is 13.6. The molecule has 5 heteroatoms. The van der Waals surface area contributed by atoms with Crippen molar-refractivity contribution < 1.29 is 0 Å². The number of benzene rings is 7. The fraction of sp³-hybridized carbons (Fsp3) is 0. The van der Waals surface area contributed by atoms with Gasteiger partial charge in [-0.25, -0.2) is 15.0 Å². The molecule has 4 nitrogen and oxygen atoms in total. The highest BCUT2D eigenvalue weighted by atomic mass is 32.1. The molecule has 0 saturated heterocycles. The van der Waals surface area contributed by atoms with Crippen LogP contribution in [0.25, 0.3) is 93.0 Å². The molecule has 0 aliphatic carbocycles. The van der Waals surface area contributed by atoms with Crippen molar-refractivity contribution >= 4 is 53.3 Å². The van der Waals surface area contributed by atoms with Crippen molar-refractivity contribution in [3.63, 3.8) is 0 Å². The van der Waals surface area contributed by atoms with Gasteiger partial charge in [0.15, 0.2) is 17.5 Å². The Labute approximate surface area is 292 Å². The summed E-state index contributed by atoms with van der Waals surface area (Å²) in [6, 6.07) is 59.7. The van der Waals surface area contributed by atoms with Crippen LogP contribution in [0.15, 0.2) is 170 Å². The van der Waals surface area contributed by atoms with Gasteiger partial charge in [0, 0.05) is 53.3 Å². The lowest BCUT2D eigenvalue weighted by Gasteiger charge is -2.10. The van der Waals surface area contributed by atoms with Gasteiger partial charge in [-0.2, -0.15) is 0 Å². The first-order valence-electron chi connectivity index (χ1n) is 16.7. The Morgan fingerprint density at radius 1 is 0.340 bits per heavy atom. The Balaban J connectivity index is 1.13. The molecule has 50 heavy (non-hydrogen) atoms. The molecule has 10 rings (SSSR count). The quantitative estimate of drug-likeness (QED) is 0.185. The summed E-state index contributed by atoms with van der Waals surface area (Å²) in [6.45, 7) is 0. The molecule has 0 bridgehead atoms. The van der Waals surface area contributed by atoms with Crippen LogP contribution in [-0.2, 0) is 0 Å². The average molecular weight is 657 g/mol. The molecule has 0 atom stereocenters. The van der Waals surface area contributed by atoms with Crippen LogP contribution in [0.4, 0.5) is 0 Å². The van der Waals surface area contributed by atoms with E-state index in [0.717, 1.165) is 38.8 Å². The van der Waals surface area contributed by atoms with Gasteiger partial charge >= 0.3 is 0 Å². The van der Waals surface area contributed by atoms with Crippen LogP contribution in [0.2, 0.25) is 0 Å². The van der Waals surface area contributed by atoms with E-state index in [4.69, 9.17) is 15.0 Å². The van der Waals surface area contributed by atoms with Gasteiger partial charge in [0.05, 0.1) is 11.0 Å². The van der Waals surface area contributed by atoms with Crippen LogP contribution in [0.3, 0.4) is 0 Å². The Kier molecular flexibility index (Phi) is 6.64. The van der Waals surface area contributed by atoms with Crippen LogP contribution < -0.4 is 0 Å². The monoisotopic (exact) mass is 656 g/mol. The summed E-state index contributed by atoms with van der Waals surface area (Å²) in [4.78, 5) is 15.1. The maximum atomic E-state index is 5.08. The molecular weight excluding hydrogens is 629 g/mol. The molecule has 0 aliphatic rings. The van der Waals surface area contributed by atoms with Crippen molar-refractivity contribution in [2.75, 3.05) is 0 Å². The molecule has 7 aromatic carbocycles. The number of rotatable bonds is 5. The van der Waals surface area contributed by atoms with E-state index in [1.807, 2.05) is 47.7 Å². The maximum absolute atomic E-state index is 5.08. The zero-order valence-electron chi connectivity index (χ0n) is 26.9. The normalized spacial score (nSPS) is 11.6. The fourth-order valence-corrected chi connectivity index (χ4v) is 8.18. The lowest BCUT2D eigenvalue weighted by molar-refractivity contribution is 1.07. The van der Waals surface area contributed by atoms with E-state index in [-0.39, 0.29) is 0 Å². The van der Waals surface area contributed by atoms with E-state index in [1.165, 1.54) is 36.6 Å². The summed E-state index contributed by atoms with van der Waals surface area (Å²) in [5, 5.41) is 4.96. The Hall–Kier alpha value is -6.43. The summed E-state index contributed by atoms with van der Waals surface area (Å²) >= 11 is 1.85. The molecular formula is C45H28N4S. The van der Waals surface area contributed by atoms with E-state index in [9.17, 15) is 0 Å². The van der Waals surface area contributed by atoms with Gasteiger partial charge in [0.1, 0.15) is 0 Å². The largest absolute Gasteiger partial charge is 0.309 e. The predicted molar refractivity (Wildman–Crippen MR) is 209 cm³/mol. The lowest BCUT2D eigenvalue weighted by Crippen LogP contribution is -2.00. The van der Waals surface area contributed by atoms with E-state index in [1.54, 1.807) is 0 Å². The van der Waals surface area contributed by atoms with Crippen molar-refractivity contribution in [2.45, 2.75) is 0 Å². The number of hydrogen-bond acceptors (Lipinski definition) is 4. The third-order valence-electron chi connectivity index (χ3n) is 9.47. The van der Waals surface area contributed by atoms with Crippen molar-refractivity contribution in [3.8, 4) is 51.0 Å². The highest BCUT2D eigenvalue weighted by Crippen LogP contribution is 2.39. The van der Waals surface area contributed by atoms with E-state index in [2.05, 4.69) is 138 Å². The summed E-state index contributed by atoms with van der Waals surface area (Å²) in [5.41, 5.74) is 8.63. The molecule has 0 saturated carbocycles. The van der Waals surface area contributed by atoms with Gasteiger partial charge < -0.3 is 4.57 Å². The predicted octanol–water partition coefficient (Wildman–Crippen LogP) is 12.0. The second-order valence-electron chi connectivity index (χ2n) is 12.5. The molecule has 0 spiro atoms. The number of thiophene rings is 1. The maximum Gasteiger partial charge on any atom is 0.164 e. The van der Waals surface area contributed by atoms with Gasteiger partial charge in [-0.1, -0.05) is 127 Å². The third kappa shape index (κ3) is 4.79. The molecule has 0 radical (unpaired) electrons. The highest BCUT2D eigenvalue weighted by molar-refractivity contribution is 7.25. The van der Waals surface area contributed by atoms with E-state index in [0.29, 0.717) is 17.5 Å². The number of hydrogen-bond donors (Lipinski definition) is 0.